The van der Waals surface area contributed by atoms with Crippen LogP contribution in [-0.2, 0) is 5.41 Å². The van der Waals surface area contributed by atoms with Gasteiger partial charge in [0.1, 0.15) is 0 Å². The van der Waals surface area contributed by atoms with Crippen LogP contribution in [0.4, 0.5) is 0 Å². The summed E-state index contributed by atoms with van der Waals surface area (Å²) in [5, 5.41) is 3.56. The largest absolute Gasteiger partial charge is 0.330 e. The lowest BCUT2D eigenvalue weighted by Crippen LogP contribution is -2.37. The Bertz CT molecular complexity index is 398. The van der Waals surface area contributed by atoms with Crippen LogP contribution in [0, 0.1) is 26.7 Å². The first-order chi connectivity index (χ1) is 8.77. The molecular weight excluding hydrogens is 232 g/mol. The van der Waals surface area contributed by atoms with Crippen LogP contribution < -0.4 is 11.1 Å². The molecule has 1 unspecified atom stereocenters. The van der Waals surface area contributed by atoms with Crippen molar-refractivity contribution in [3.63, 3.8) is 0 Å². The van der Waals surface area contributed by atoms with Crippen LogP contribution in [0.3, 0.4) is 0 Å². The lowest BCUT2D eigenvalue weighted by Gasteiger charge is -2.30. The van der Waals surface area contributed by atoms with E-state index in [0.29, 0.717) is 5.92 Å². The Morgan fingerprint density at radius 2 is 1.68 bits per heavy atom. The highest BCUT2D eigenvalue weighted by atomic mass is 14.9. The van der Waals surface area contributed by atoms with Gasteiger partial charge in [-0.25, -0.2) is 0 Å². The molecule has 0 aliphatic rings. The summed E-state index contributed by atoms with van der Waals surface area (Å²) in [5.41, 5.74) is 11.4. The molecule has 0 heterocycles. The first-order valence-electron chi connectivity index (χ1n) is 7.27. The summed E-state index contributed by atoms with van der Waals surface area (Å²) < 4.78 is 0. The average molecular weight is 262 g/mol. The van der Waals surface area contributed by atoms with Gasteiger partial charge < -0.3 is 11.1 Å². The molecule has 1 rings (SSSR count). The van der Waals surface area contributed by atoms with Crippen molar-refractivity contribution in [1.29, 1.82) is 0 Å². The van der Waals surface area contributed by atoms with Crippen molar-refractivity contribution >= 4 is 0 Å². The lowest BCUT2D eigenvalue weighted by atomic mass is 9.78. The molecule has 0 aliphatic carbocycles. The highest BCUT2D eigenvalue weighted by Gasteiger charge is 2.24. The Morgan fingerprint density at radius 3 is 2.16 bits per heavy atom. The van der Waals surface area contributed by atoms with Crippen LogP contribution >= 0.6 is 0 Å². The highest BCUT2D eigenvalue weighted by Crippen LogP contribution is 2.29. The summed E-state index contributed by atoms with van der Waals surface area (Å²) in [5.74, 6) is 0.538. The van der Waals surface area contributed by atoms with Crippen LogP contribution in [0.2, 0.25) is 0 Å². The minimum atomic E-state index is 0.149. The second kappa shape index (κ2) is 6.53. The van der Waals surface area contributed by atoms with Gasteiger partial charge in [-0.1, -0.05) is 38.5 Å². The summed E-state index contributed by atoms with van der Waals surface area (Å²) >= 11 is 0. The zero-order valence-corrected chi connectivity index (χ0v) is 13.4. The molecule has 1 aromatic carbocycles. The molecule has 0 saturated heterocycles. The molecule has 108 valence electrons. The second-order valence-electron chi connectivity index (χ2n) is 6.63. The van der Waals surface area contributed by atoms with Crippen LogP contribution in [0.15, 0.2) is 12.1 Å². The molecule has 2 heteroatoms. The molecule has 0 spiro atoms. The molecule has 0 aliphatic heterocycles. The molecule has 2 nitrogen and oxygen atoms in total. The predicted octanol–water partition coefficient (Wildman–Crippen LogP) is 3.07. The van der Waals surface area contributed by atoms with E-state index in [4.69, 9.17) is 5.73 Å². The molecule has 3 N–H and O–H groups in total. The summed E-state index contributed by atoms with van der Waals surface area (Å²) in [4.78, 5) is 0. The molecule has 0 amide bonds. The van der Waals surface area contributed by atoms with E-state index in [2.05, 4.69) is 59.0 Å². The molecule has 0 aromatic heterocycles. The smallest absolute Gasteiger partial charge is 0.00435 e. The van der Waals surface area contributed by atoms with Gasteiger partial charge in [-0.3, -0.25) is 0 Å². The monoisotopic (exact) mass is 262 g/mol. The van der Waals surface area contributed by atoms with E-state index in [1.165, 1.54) is 22.3 Å². The fourth-order valence-electron chi connectivity index (χ4n) is 3.05. The zero-order chi connectivity index (χ0) is 14.6. The van der Waals surface area contributed by atoms with Crippen molar-refractivity contribution in [2.45, 2.75) is 47.0 Å². The van der Waals surface area contributed by atoms with Crippen molar-refractivity contribution in [1.82, 2.24) is 5.32 Å². The maximum Gasteiger partial charge on any atom is 0.00435 e. The summed E-state index contributed by atoms with van der Waals surface area (Å²) in [6.45, 7) is 16.1. The summed E-state index contributed by atoms with van der Waals surface area (Å²) in [6.07, 6.45) is 0. The number of benzene rings is 1. The number of nitrogens with two attached hydrogens (primary N) is 1. The summed E-state index contributed by atoms with van der Waals surface area (Å²) in [7, 11) is 0. The molecule has 0 bridgehead atoms. The van der Waals surface area contributed by atoms with Gasteiger partial charge in [-0.05, 0) is 56.5 Å². The fraction of sp³-hybridized carbons (Fsp3) is 0.647. The molecule has 1 aromatic rings. The van der Waals surface area contributed by atoms with E-state index >= 15 is 0 Å². The number of hydrogen-bond donors (Lipinski definition) is 2. The number of nitrogens with one attached hydrogen (secondary N) is 1. The van der Waals surface area contributed by atoms with Crippen molar-refractivity contribution in [2.24, 2.45) is 11.7 Å². The van der Waals surface area contributed by atoms with Crippen molar-refractivity contribution < 1.29 is 0 Å². The average Bonchev–Trinajstić information content (AvgIpc) is 2.26. The van der Waals surface area contributed by atoms with Gasteiger partial charge in [-0.15, -0.1) is 0 Å². The standard InChI is InChI=1S/C17H30N2/c1-12-7-14(3)16(15(4)8-12)17(5,6)11-19-10-13(2)9-18/h7-8,13,19H,9-11,18H2,1-6H3. The minimum absolute atomic E-state index is 0.149. The third-order valence-corrected chi connectivity index (χ3v) is 3.82. The molecule has 1 atom stereocenters. The Kier molecular flexibility index (Phi) is 5.57. The minimum Gasteiger partial charge on any atom is -0.330 e. The zero-order valence-electron chi connectivity index (χ0n) is 13.4. The normalized spacial score (nSPS) is 13.6. The quantitative estimate of drug-likeness (QED) is 0.827. The van der Waals surface area contributed by atoms with E-state index in [9.17, 15) is 0 Å². The van der Waals surface area contributed by atoms with E-state index < -0.39 is 0 Å². The third kappa shape index (κ3) is 4.32. The van der Waals surface area contributed by atoms with E-state index in [1.807, 2.05) is 0 Å². The van der Waals surface area contributed by atoms with Gasteiger partial charge in [0, 0.05) is 12.0 Å². The first kappa shape index (κ1) is 16.2. The van der Waals surface area contributed by atoms with E-state index in [0.717, 1.165) is 19.6 Å². The molecule has 19 heavy (non-hydrogen) atoms. The van der Waals surface area contributed by atoms with Gasteiger partial charge in [0.25, 0.3) is 0 Å². The SMILES string of the molecule is Cc1cc(C)c(C(C)(C)CNCC(C)CN)c(C)c1. The maximum absolute atomic E-state index is 5.66. The van der Waals surface area contributed by atoms with Gasteiger partial charge in [-0.2, -0.15) is 0 Å². The number of rotatable bonds is 6. The van der Waals surface area contributed by atoms with Crippen LogP contribution in [-0.4, -0.2) is 19.6 Å². The number of hydrogen-bond acceptors (Lipinski definition) is 2. The Hall–Kier alpha value is -0.860. The topological polar surface area (TPSA) is 38.0 Å². The lowest BCUT2D eigenvalue weighted by molar-refractivity contribution is 0.432. The molecule has 0 saturated carbocycles. The Balaban J connectivity index is 2.82. The van der Waals surface area contributed by atoms with Crippen LogP contribution in [0.25, 0.3) is 0 Å². The van der Waals surface area contributed by atoms with Crippen molar-refractivity contribution in [3.05, 3.63) is 34.4 Å². The Labute approximate surface area is 118 Å². The van der Waals surface area contributed by atoms with E-state index in [-0.39, 0.29) is 5.41 Å². The van der Waals surface area contributed by atoms with E-state index in [1.54, 1.807) is 0 Å². The van der Waals surface area contributed by atoms with Crippen LogP contribution in [0.5, 0.6) is 0 Å². The van der Waals surface area contributed by atoms with Crippen LogP contribution in [0.1, 0.15) is 43.0 Å². The Morgan fingerprint density at radius 1 is 1.16 bits per heavy atom. The maximum atomic E-state index is 5.66. The van der Waals surface area contributed by atoms with Gasteiger partial charge in [0.05, 0.1) is 0 Å². The van der Waals surface area contributed by atoms with Crippen molar-refractivity contribution in [3.8, 4) is 0 Å². The van der Waals surface area contributed by atoms with Gasteiger partial charge in [0.15, 0.2) is 0 Å². The molecular formula is C17H30N2. The highest BCUT2D eigenvalue weighted by molar-refractivity contribution is 5.42. The second-order valence-corrected chi connectivity index (χ2v) is 6.63. The predicted molar refractivity (Wildman–Crippen MR) is 84.8 cm³/mol. The van der Waals surface area contributed by atoms with Crippen molar-refractivity contribution in [2.75, 3.05) is 19.6 Å². The van der Waals surface area contributed by atoms with Gasteiger partial charge in [0.2, 0.25) is 0 Å². The number of aryl methyl sites for hydroxylation is 3. The summed E-state index contributed by atoms with van der Waals surface area (Å²) in [6, 6.07) is 4.57. The first-order valence-corrected chi connectivity index (χ1v) is 7.27. The molecule has 0 fully saturated rings. The molecule has 0 radical (unpaired) electrons. The fourth-order valence-corrected chi connectivity index (χ4v) is 3.05. The third-order valence-electron chi connectivity index (χ3n) is 3.82. The van der Waals surface area contributed by atoms with Gasteiger partial charge >= 0.3 is 0 Å².